The first-order valence-corrected chi connectivity index (χ1v) is 10.8. The summed E-state index contributed by atoms with van der Waals surface area (Å²) >= 11 is 0. The maximum Gasteiger partial charge on any atom is 0.573 e. The predicted octanol–water partition coefficient (Wildman–Crippen LogP) is 4.98. The molecule has 31 heavy (non-hydrogen) atoms. The zero-order chi connectivity index (χ0) is 22.0. The van der Waals surface area contributed by atoms with E-state index in [-0.39, 0.29) is 11.7 Å². The lowest BCUT2D eigenvalue weighted by atomic mass is 9.90. The number of nitrogens with one attached hydrogen (secondary N) is 1. The largest absolute Gasteiger partial charge is 0.573 e. The second kappa shape index (κ2) is 8.91. The van der Waals surface area contributed by atoms with E-state index in [1.807, 2.05) is 6.92 Å². The van der Waals surface area contributed by atoms with Crippen LogP contribution in [-0.4, -0.2) is 30.3 Å². The van der Waals surface area contributed by atoms with Gasteiger partial charge in [0.15, 0.2) is 0 Å². The van der Waals surface area contributed by atoms with Gasteiger partial charge in [0, 0.05) is 18.7 Å². The number of piperidine rings is 1. The first-order valence-electron chi connectivity index (χ1n) is 10.8. The number of carbonyl (C=O) groups is 1. The Hall–Kier alpha value is -2.54. The Bertz CT molecular complexity index is 935. The van der Waals surface area contributed by atoms with Crippen LogP contribution < -0.4 is 10.1 Å². The van der Waals surface area contributed by atoms with Crippen LogP contribution in [0.4, 0.5) is 13.2 Å². The number of hydrogen-bond donors (Lipinski definition) is 1. The molecule has 0 atom stereocenters. The summed E-state index contributed by atoms with van der Waals surface area (Å²) in [6.45, 7) is 5.06. The molecule has 1 amide bonds. The van der Waals surface area contributed by atoms with Gasteiger partial charge in [0.25, 0.3) is 5.91 Å². The maximum atomic E-state index is 12.9. The number of hydrogen-bond acceptors (Lipinski definition) is 3. The summed E-state index contributed by atoms with van der Waals surface area (Å²) in [4.78, 5) is 14.7. The molecule has 0 radical (unpaired) electrons. The highest BCUT2D eigenvalue weighted by atomic mass is 19.4. The molecular weight excluding hydrogens is 405 g/mol. The molecular formula is C24H27F3N2O2. The summed E-state index contributed by atoms with van der Waals surface area (Å²) in [5.41, 5.74) is 4.85. The molecule has 0 spiro atoms. The topological polar surface area (TPSA) is 41.6 Å². The van der Waals surface area contributed by atoms with Crippen LogP contribution in [0.5, 0.6) is 5.75 Å². The third kappa shape index (κ3) is 5.39. The van der Waals surface area contributed by atoms with E-state index in [4.69, 9.17) is 0 Å². The van der Waals surface area contributed by atoms with Crippen LogP contribution in [0.1, 0.15) is 51.9 Å². The van der Waals surface area contributed by atoms with Gasteiger partial charge in [-0.05, 0) is 86.0 Å². The van der Waals surface area contributed by atoms with E-state index in [2.05, 4.69) is 22.2 Å². The van der Waals surface area contributed by atoms with Crippen molar-refractivity contribution in [3.05, 3.63) is 64.2 Å². The average molecular weight is 432 g/mol. The molecule has 1 N–H and O–H groups in total. The SMILES string of the molecule is Cc1cc(CCC2CCNCC2)cc2c1C(=O)N(Cc1ccc(OC(F)(F)F)cc1)C2. The Morgan fingerprint density at radius 2 is 1.81 bits per heavy atom. The van der Waals surface area contributed by atoms with Crippen LogP contribution in [0.25, 0.3) is 0 Å². The molecule has 2 aromatic carbocycles. The molecule has 2 aromatic rings. The first-order chi connectivity index (χ1) is 14.8. The predicted molar refractivity (Wildman–Crippen MR) is 112 cm³/mol. The highest BCUT2D eigenvalue weighted by Crippen LogP contribution is 2.30. The lowest BCUT2D eigenvalue weighted by Crippen LogP contribution is -2.27. The highest BCUT2D eigenvalue weighted by molar-refractivity contribution is 5.99. The minimum atomic E-state index is -4.71. The van der Waals surface area contributed by atoms with Crippen molar-refractivity contribution in [3.8, 4) is 5.75 Å². The zero-order valence-electron chi connectivity index (χ0n) is 17.6. The van der Waals surface area contributed by atoms with Crippen LogP contribution in [0.2, 0.25) is 0 Å². The van der Waals surface area contributed by atoms with Crippen molar-refractivity contribution >= 4 is 5.91 Å². The summed E-state index contributed by atoms with van der Waals surface area (Å²) in [5.74, 6) is 0.478. The smallest absolute Gasteiger partial charge is 0.406 e. The van der Waals surface area contributed by atoms with E-state index in [1.165, 1.54) is 37.0 Å². The van der Waals surface area contributed by atoms with Gasteiger partial charge in [-0.3, -0.25) is 4.79 Å². The van der Waals surface area contributed by atoms with E-state index >= 15 is 0 Å². The summed E-state index contributed by atoms with van der Waals surface area (Å²) in [7, 11) is 0. The van der Waals surface area contributed by atoms with E-state index in [0.29, 0.717) is 13.1 Å². The van der Waals surface area contributed by atoms with Crippen LogP contribution in [0, 0.1) is 12.8 Å². The van der Waals surface area contributed by atoms with Gasteiger partial charge in [-0.2, -0.15) is 0 Å². The van der Waals surface area contributed by atoms with Gasteiger partial charge >= 0.3 is 6.36 Å². The van der Waals surface area contributed by atoms with Gasteiger partial charge in [-0.1, -0.05) is 24.3 Å². The lowest BCUT2D eigenvalue weighted by molar-refractivity contribution is -0.274. The van der Waals surface area contributed by atoms with E-state index in [1.54, 1.807) is 17.0 Å². The third-order valence-electron chi connectivity index (χ3n) is 6.17. The standard InChI is InChI=1S/C24H27F3N2O2/c1-16-12-19(3-2-17-8-10-28-11-9-17)13-20-15-29(23(30)22(16)20)14-18-4-6-21(7-5-18)31-24(25,26)27/h4-7,12-13,17,28H,2-3,8-11,14-15H2,1H3. The fraction of sp³-hybridized carbons (Fsp3) is 0.458. The zero-order valence-corrected chi connectivity index (χ0v) is 17.6. The molecule has 0 saturated carbocycles. The van der Waals surface area contributed by atoms with Crippen molar-refractivity contribution in [1.29, 1.82) is 0 Å². The Morgan fingerprint density at radius 3 is 2.48 bits per heavy atom. The van der Waals surface area contributed by atoms with Crippen LogP contribution in [0.3, 0.4) is 0 Å². The fourth-order valence-corrected chi connectivity index (χ4v) is 4.64. The van der Waals surface area contributed by atoms with Gasteiger partial charge in [0.2, 0.25) is 0 Å². The molecule has 0 unspecified atom stereocenters. The monoisotopic (exact) mass is 432 g/mol. The van der Waals surface area contributed by atoms with E-state index in [0.717, 1.165) is 47.7 Å². The molecule has 0 bridgehead atoms. The number of benzene rings is 2. The molecule has 1 fully saturated rings. The molecule has 0 aromatic heterocycles. The van der Waals surface area contributed by atoms with Gasteiger partial charge in [-0.25, -0.2) is 0 Å². The Morgan fingerprint density at radius 1 is 1.10 bits per heavy atom. The Labute approximate surface area is 180 Å². The lowest BCUT2D eigenvalue weighted by Gasteiger charge is -2.22. The van der Waals surface area contributed by atoms with Crippen molar-refractivity contribution in [3.63, 3.8) is 0 Å². The molecule has 4 nitrogen and oxygen atoms in total. The minimum Gasteiger partial charge on any atom is -0.406 e. The van der Waals surface area contributed by atoms with E-state index in [9.17, 15) is 18.0 Å². The first kappa shape index (κ1) is 21.7. The number of amides is 1. The number of alkyl halides is 3. The van der Waals surface area contributed by atoms with Crippen molar-refractivity contribution in [2.24, 2.45) is 5.92 Å². The van der Waals surface area contributed by atoms with Crippen molar-refractivity contribution in [2.45, 2.75) is 52.1 Å². The van der Waals surface area contributed by atoms with Crippen molar-refractivity contribution in [1.82, 2.24) is 10.2 Å². The van der Waals surface area contributed by atoms with Crippen molar-refractivity contribution in [2.75, 3.05) is 13.1 Å². The number of fused-ring (bicyclic) bond motifs is 1. The molecule has 166 valence electrons. The quantitative estimate of drug-likeness (QED) is 0.700. The van der Waals surface area contributed by atoms with Crippen LogP contribution >= 0.6 is 0 Å². The maximum absolute atomic E-state index is 12.9. The molecule has 4 rings (SSSR count). The Kier molecular flexibility index (Phi) is 6.23. The number of carbonyl (C=O) groups excluding carboxylic acids is 1. The second-order valence-electron chi connectivity index (χ2n) is 8.53. The molecule has 2 heterocycles. The molecule has 1 saturated heterocycles. The van der Waals surface area contributed by atoms with Crippen LogP contribution in [0.15, 0.2) is 36.4 Å². The van der Waals surface area contributed by atoms with Gasteiger partial charge in [0.05, 0.1) is 0 Å². The van der Waals surface area contributed by atoms with E-state index < -0.39 is 6.36 Å². The van der Waals surface area contributed by atoms with Gasteiger partial charge < -0.3 is 15.0 Å². The molecule has 2 aliphatic heterocycles. The summed E-state index contributed by atoms with van der Waals surface area (Å²) in [6, 6.07) is 9.97. The van der Waals surface area contributed by atoms with Gasteiger partial charge in [-0.15, -0.1) is 13.2 Å². The average Bonchev–Trinajstić information content (AvgIpc) is 3.03. The summed E-state index contributed by atoms with van der Waals surface area (Å²) < 4.78 is 40.9. The van der Waals surface area contributed by atoms with Crippen LogP contribution in [-0.2, 0) is 19.5 Å². The number of aryl methyl sites for hydroxylation is 2. The summed E-state index contributed by atoms with van der Waals surface area (Å²) in [5, 5.41) is 3.40. The number of ether oxygens (including phenoxy) is 1. The normalized spacial score (nSPS) is 17.2. The van der Waals surface area contributed by atoms with Crippen molar-refractivity contribution < 1.29 is 22.7 Å². The van der Waals surface area contributed by atoms with Gasteiger partial charge in [0.1, 0.15) is 5.75 Å². The third-order valence-corrected chi connectivity index (χ3v) is 6.17. The highest BCUT2D eigenvalue weighted by Gasteiger charge is 2.32. The Balaban J connectivity index is 1.40. The number of halogens is 3. The number of nitrogens with zero attached hydrogens (tertiary/aromatic N) is 1. The molecule has 2 aliphatic rings. The minimum absolute atomic E-state index is 0.0203. The fourth-order valence-electron chi connectivity index (χ4n) is 4.64. The number of rotatable bonds is 6. The summed E-state index contributed by atoms with van der Waals surface area (Å²) in [6.07, 6.45) is -0.0687. The molecule has 7 heteroatoms. The molecule has 0 aliphatic carbocycles. The second-order valence-corrected chi connectivity index (χ2v) is 8.53.